The molecule has 1 aromatic rings. The molecule has 1 N–H and O–H groups in total. The fourth-order valence-electron chi connectivity index (χ4n) is 0.937. The number of hydrogen-bond acceptors (Lipinski definition) is 3. The van der Waals surface area contributed by atoms with E-state index in [9.17, 15) is 30.7 Å². The Bertz CT molecular complexity index is 463. The Morgan fingerprint density at radius 1 is 1.16 bits per heavy atom. The maximum absolute atomic E-state index is 12.7. The number of nitrogens with one attached hydrogen (secondary N) is 1. The quantitative estimate of drug-likeness (QED) is 0.389. The van der Waals surface area contributed by atoms with Crippen LogP contribution in [0.15, 0.2) is 16.5 Å². The van der Waals surface area contributed by atoms with Crippen molar-refractivity contribution in [2.75, 3.05) is 0 Å². The van der Waals surface area contributed by atoms with Gasteiger partial charge in [0.05, 0.1) is 6.21 Å². The Morgan fingerprint density at radius 3 is 2.16 bits per heavy atom. The van der Waals surface area contributed by atoms with E-state index in [2.05, 4.69) is 5.10 Å². The van der Waals surface area contributed by atoms with E-state index in [0.29, 0.717) is 15.9 Å². The van der Waals surface area contributed by atoms with Crippen LogP contribution in [0, 0.1) is 6.92 Å². The molecule has 0 saturated carbocycles. The Morgan fingerprint density at radius 2 is 1.74 bits per heavy atom. The number of hydrazone groups is 1. The van der Waals surface area contributed by atoms with Gasteiger partial charge < -0.3 is 0 Å². The molecule has 19 heavy (non-hydrogen) atoms. The van der Waals surface area contributed by atoms with E-state index in [4.69, 9.17) is 0 Å². The average molecular weight is 308 g/mol. The first-order chi connectivity index (χ1) is 8.49. The first-order valence-corrected chi connectivity index (χ1v) is 5.53. The summed E-state index contributed by atoms with van der Waals surface area (Å²) in [7, 11) is 0. The van der Waals surface area contributed by atoms with Gasteiger partial charge >= 0.3 is 18.1 Å². The third-order valence-corrected chi connectivity index (χ3v) is 2.99. The van der Waals surface area contributed by atoms with E-state index in [-0.39, 0.29) is 0 Å². The molecule has 0 unspecified atom stereocenters. The molecule has 1 heterocycles. The summed E-state index contributed by atoms with van der Waals surface area (Å²) in [4.78, 5) is 0.360. The lowest BCUT2D eigenvalue weighted by molar-refractivity contribution is -0.361. The maximum atomic E-state index is 12.7. The van der Waals surface area contributed by atoms with Crippen molar-refractivity contribution < 1.29 is 30.7 Å². The van der Waals surface area contributed by atoms with Gasteiger partial charge in [-0.3, -0.25) is 0 Å². The van der Waals surface area contributed by atoms with Crippen LogP contribution in [0.1, 0.15) is 10.4 Å². The summed E-state index contributed by atoms with van der Waals surface area (Å²) in [5.41, 5.74) is 1.17. The van der Waals surface area contributed by atoms with E-state index in [1.807, 2.05) is 0 Å². The highest BCUT2D eigenvalue weighted by atomic mass is 32.1. The van der Waals surface area contributed by atoms with Crippen molar-refractivity contribution in [3.8, 4) is 0 Å². The van der Waals surface area contributed by atoms with Gasteiger partial charge in [0.15, 0.2) is 0 Å². The molecule has 0 radical (unpaired) electrons. The molecule has 0 aliphatic carbocycles. The molecule has 1 aromatic heterocycles. The topological polar surface area (TPSA) is 24.4 Å². The minimum atomic E-state index is -6.38. The summed E-state index contributed by atoms with van der Waals surface area (Å²) in [5, 5.41) is 4.31. The third-order valence-electron chi connectivity index (χ3n) is 2.04. The van der Waals surface area contributed by atoms with Crippen LogP contribution < -0.4 is 5.43 Å². The van der Waals surface area contributed by atoms with Crippen molar-refractivity contribution in [2.45, 2.75) is 25.1 Å². The monoisotopic (exact) mass is 308 g/mol. The van der Waals surface area contributed by atoms with Crippen LogP contribution in [0.25, 0.3) is 0 Å². The van der Waals surface area contributed by atoms with Crippen molar-refractivity contribution in [1.29, 1.82) is 0 Å². The van der Waals surface area contributed by atoms with E-state index in [1.54, 1.807) is 18.4 Å². The van der Waals surface area contributed by atoms with Crippen LogP contribution in [-0.2, 0) is 0 Å². The van der Waals surface area contributed by atoms with Gasteiger partial charge in [-0.2, -0.15) is 35.8 Å². The zero-order valence-electron chi connectivity index (χ0n) is 9.23. The minimum absolute atomic E-state index is 0.360. The second kappa shape index (κ2) is 4.99. The van der Waals surface area contributed by atoms with E-state index >= 15 is 0 Å². The number of nitrogens with zero attached hydrogens (tertiary/aromatic N) is 1. The Balaban J connectivity index is 2.81. The molecule has 0 fully saturated rings. The van der Waals surface area contributed by atoms with Crippen molar-refractivity contribution in [3.63, 3.8) is 0 Å². The summed E-state index contributed by atoms with van der Waals surface area (Å²) < 4.78 is 85.7. The van der Waals surface area contributed by atoms with Crippen molar-refractivity contribution in [1.82, 2.24) is 5.43 Å². The first kappa shape index (κ1) is 15.7. The van der Waals surface area contributed by atoms with Crippen LogP contribution in [0.3, 0.4) is 0 Å². The fraction of sp³-hybridized carbons (Fsp3) is 0.444. The van der Waals surface area contributed by atoms with Gasteiger partial charge in [0.25, 0.3) is 0 Å². The smallest absolute Gasteiger partial charge is 0.242 e. The number of rotatable bonds is 4. The van der Waals surface area contributed by atoms with E-state index in [0.717, 1.165) is 17.6 Å². The zero-order chi connectivity index (χ0) is 14.9. The molecule has 0 saturated heterocycles. The lowest BCUT2D eigenvalue weighted by atomic mass is 10.3. The molecule has 0 aliphatic heterocycles. The second-order valence-corrected chi connectivity index (χ2v) is 4.43. The predicted molar refractivity (Wildman–Crippen MR) is 55.7 cm³/mol. The van der Waals surface area contributed by atoms with Gasteiger partial charge in [0.1, 0.15) is 0 Å². The summed E-state index contributed by atoms with van der Waals surface area (Å²) in [6.07, 6.45) is -5.63. The average Bonchev–Trinajstić information content (AvgIpc) is 2.62. The summed E-state index contributed by atoms with van der Waals surface area (Å²) in [6.45, 7) is 1.60. The van der Waals surface area contributed by atoms with E-state index in [1.165, 1.54) is 0 Å². The lowest BCUT2D eigenvalue weighted by Crippen LogP contribution is -2.58. The highest BCUT2D eigenvalue weighted by molar-refractivity contribution is 7.11. The molecule has 108 valence electrons. The maximum Gasteiger partial charge on any atom is 0.462 e. The number of thiophene rings is 1. The predicted octanol–water partition coefficient (Wildman–Crippen LogP) is 3.77. The third kappa shape index (κ3) is 3.17. The van der Waals surface area contributed by atoms with Crippen LogP contribution in [-0.4, -0.2) is 24.4 Å². The van der Waals surface area contributed by atoms with Crippen molar-refractivity contribution in [3.05, 3.63) is 21.9 Å². The van der Waals surface area contributed by atoms with Gasteiger partial charge in [-0.15, -0.1) is 11.3 Å². The van der Waals surface area contributed by atoms with Crippen LogP contribution >= 0.6 is 11.3 Å². The zero-order valence-corrected chi connectivity index (χ0v) is 10.0. The van der Waals surface area contributed by atoms with Crippen LogP contribution in [0.5, 0.6) is 0 Å². The fourth-order valence-corrected chi connectivity index (χ4v) is 1.72. The highest BCUT2D eigenvalue weighted by Gasteiger charge is 2.73. The highest BCUT2D eigenvalue weighted by Crippen LogP contribution is 2.44. The van der Waals surface area contributed by atoms with Crippen molar-refractivity contribution >= 4 is 17.6 Å². The van der Waals surface area contributed by atoms with Crippen LogP contribution in [0.2, 0.25) is 0 Å². The molecular formula is C9H7F7N2S. The molecule has 2 nitrogen and oxygen atoms in total. The standard InChI is InChI=1S/C9H7F7N2S/c1-5-2-3-19-6(5)4-17-18-9(15,16)7(10,11)8(12,13)14/h2-4,18H,1H3/b17-4+. The van der Waals surface area contributed by atoms with Crippen molar-refractivity contribution in [2.24, 2.45) is 5.10 Å². The SMILES string of the molecule is Cc1ccsc1/C=N/NC(F)(F)C(F)(F)C(F)(F)F. The Labute approximate surface area is 106 Å². The number of hydrogen-bond donors (Lipinski definition) is 1. The molecule has 0 bridgehead atoms. The Hall–Kier alpha value is -1.32. The number of halogens is 7. The Kier molecular flexibility index (Phi) is 4.13. The molecule has 0 aliphatic rings. The van der Waals surface area contributed by atoms with Gasteiger partial charge in [0.2, 0.25) is 0 Å². The summed E-state index contributed by atoms with van der Waals surface area (Å²) in [5.74, 6) is -6.22. The van der Waals surface area contributed by atoms with Crippen LogP contribution in [0.4, 0.5) is 30.7 Å². The molecule has 10 heteroatoms. The molecule has 1 rings (SSSR count). The second-order valence-electron chi connectivity index (χ2n) is 3.48. The van der Waals surface area contributed by atoms with Gasteiger partial charge in [-0.05, 0) is 23.9 Å². The first-order valence-electron chi connectivity index (χ1n) is 4.66. The minimum Gasteiger partial charge on any atom is -0.242 e. The van der Waals surface area contributed by atoms with Gasteiger partial charge in [-0.25, -0.2) is 5.43 Å². The lowest BCUT2D eigenvalue weighted by Gasteiger charge is -2.27. The summed E-state index contributed by atoms with van der Waals surface area (Å²) in [6, 6.07) is -3.93. The number of aryl methyl sites for hydroxylation is 1. The largest absolute Gasteiger partial charge is 0.462 e. The molecule has 0 spiro atoms. The normalized spacial score (nSPS) is 14.1. The molecule has 0 atom stereocenters. The molecule has 0 aromatic carbocycles. The molecule has 0 amide bonds. The van der Waals surface area contributed by atoms with Gasteiger partial charge in [-0.1, -0.05) is 0 Å². The summed E-state index contributed by atoms with van der Waals surface area (Å²) >= 11 is 1.07. The molecular weight excluding hydrogens is 301 g/mol. The van der Waals surface area contributed by atoms with E-state index < -0.39 is 18.1 Å². The van der Waals surface area contributed by atoms with Gasteiger partial charge in [0, 0.05) is 4.88 Å². The number of alkyl halides is 7.